The van der Waals surface area contributed by atoms with E-state index in [1.165, 1.54) is 0 Å². The Morgan fingerprint density at radius 1 is 1.02 bits per heavy atom. The van der Waals surface area contributed by atoms with Crippen LogP contribution in [0.5, 0.6) is 17.2 Å². The highest BCUT2D eigenvalue weighted by Gasteiger charge is 2.39. The molecule has 3 atom stereocenters. The second kappa shape index (κ2) is 13.5. The third kappa shape index (κ3) is 7.02. The van der Waals surface area contributed by atoms with Crippen molar-refractivity contribution in [1.29, 1.82) is 0 Å². The molecule has 1 aliphatic rings. The number of ether oxygens (including phenoxy) is 2. The molecule has 9 nitrogen and oxygen atoms in total. The molecule has 0 fully saturated rings. The molecule has 0 bridgehead atoms. The van der Waals surface area contributed by atoms with E-state index in [0.29, 0.717) is 35.7 Å². The molecule has 0 saturated carbocycles. The number of nitrogens with one attached hydrogen (secondary N) is 1. The zero-order chi connectivity index (χ0) is 30.3. The first-order chi connectivity index (χ1) is 20.8. The fourth-order valence-electron chi connectivity index (χ4n) is 5.23. The number of anilines is 1. The summed E-state index contributed by atoms with van der Waals surface area (Å²) in [5, 5.41) is 12.9. The number of carbonyl (C=O) groups is 2. The minimum atomic E-state index is -0.455. The summed E-state index contributed by atoms with van der Waals surface area (Å²) in [5.41, 5.74) is 2.26. The zero-order valence-corrected chi connectivity index (χ0v) is 24.5. The highest BCUT2D eigenvalue weighted by molar-refractivity contribution is 6.07. The predicted molar refractivity (Wildman–Crippen MR) is 165 cm³/mol. The number of fused-ring (bicyclic) bond motifs is 1. The third-order valence-electron chi connectivity index (χ3n) is 7.50. The number of hydrogen-bond acceptors (Lipinski definition) is 7. The summed E-state index contributed by atoms with van der Waals surface area (Å²) >= 11 is 0. The summed E-state index contributed by atoms with van der Waals surface area (Å²) in [5.74, 6) is 1.25. The Labute approximate surface area is 251 Å². The SMILES string of the molecule is C[C@@H](CO)N1C(=O)c2cccc(NC(=O)c3ccncc3)c2O[C@@H](CN(C)Cc2ccc(Oc3ccccc3)cc2)[C@@H]1C. The second-order valence-electron chi connectivity index (χ2n) is 10.8. The lowest BCUT2D eigenvalue weighted by atomic mass is 10.1. The first kappa shape index (κ1) is 29.8. The monoisotopic (exact) mass is 580 g/mol. The number of pyridine rings is 1. The number of likely N-dealkylation sites (N-methyl/N-ethyl adjacent to an activating group) is 1. The van der Waals surface area contributed by atoms with Crippen LogP contribution in [0.15, 0.2) is 97.3 Å². The van der Waals surface area contributed by atoms with Gasteiger partial charge in [0, 0.05) is 31.0 Å². The number of benzene rings is 3. The topological polar surface area (TPSA) is 104 Å². The van der Waals surface area contributed by atoms with Gasteiger partial charge in [-0.1, -0.05) is 36.4 Å². The van der Waals surface area contributed by atoms with Crippen LogP contribution in [0.2, 0.25) is 0 Å². The van der Waals surface area contributed by atoms with Crippen molar-refractivity contribution in [2.24, 2.45) is 0 Å². The van der Waals surface area contributed by atoms with Crippen LogP contribution in [0.4, 0.5) is 5.69 Å². The largest absolute Gasteiger partial charge is 0.484 e. The van der Waals surface area contributed by atoms with Crippen molar-refractivity contribution in [3.05, 3.63) is 114 Å². The first-order valence-electron chi connectivity index (χ1n) is 14.3. The van der Waals surface area contributed by atoms with Crippen LogP contribution in [0, 0.1) is 0 Å². The maximum Gasteiger partial charge on any atom is 0.258 e. The molecule has 3 aromatic carbocycles. The zero-order valence-electron chi connectivity index (χ0n) is 24.5. The maximum absolute atomic E-state index is 13.8. The summed E-state index contributed by atoms with van der Waals surface area (Å²) in [7, 11) is 2.00. The van der Waals surface area contributed by atoms with Crippen LogP contribution >= 0.6 is 0 Å². The fourth-order valence-corrected chi connectivity index (χ4v) is 5.23. The molecule has 0 radical (unpaired) electrons. The van der Waals surface area contributed by atoms with Gasteiger partial charge in [-0.3, -0.25) is 19.5 Å². The lowest BCUT2D eigenvalue weighted by Crippen LogP contribution is -2.53. The summed E-state index contributed by atoms with van der Waals surface area (Å²) in [6.45, 7) is 4.67. The molecular formula is C34H36N4O5. The molecule has 0 unspecified atom stereocenters. The standard InChI is InChI=1S/C34H36N4O5/c1-23(22-39)38-24(2)31(21-37(3)20-25-12-14-28(15-13-25)42-27-8-5-4-6-9-27)43-32-29(34(38)41)10-7-11-30(32)36-33(40)26-16-18-35-19-17-26/h4-19,23-24,31,39H,20-22H2,1-3H3,(H,36,40)/t23-,24-,31-/m0/s1. The summed E-state index contributed by atoms with van der Waals surface area (Å²) in [6.07, 6.45) is 2.64. The van der Waals surface area contributed by atoms with E-state index in [1.54, 1.807) is 47.6 Å². The van der Waals surface area contributed by atoms with E-state index < -0.39 is 12.1 Å². The van der Waals surface area contributed by atoms with Crippen molar-refractivity contribution < 1.29 is 24.2 Å². The van der Waals surface area contributed by atoms with Gasteiger partial charge in [0.25, 0.3) is 11.8 Å². The van der Waals surface area contributed by atoms with Crippen molar-refractivity contribution in [2.45, 2.75) is 38.6 Å². The molecular weight excluding hydrogens is 544 g/mol. The first-order valence-corrected chi connectivity index (χ1v) is 14.3. The normalized spacial score (nSPS) is 17.0. The highest BCUT2D eigenvalue weighted by Crippen LogP contribution is 2.36. The number of aliphatic hydroxyl groups excluding tert-OH is 1. The number of aromatic nitrogens is 1. The summed E-state index contributed by atoms with van der Waals surface area (Å²) < 4.78 is 12.5. The number of aliphatic hydroxyl groups is 1. The Hall–Kier alpha value is -4.73. The Morgan fingerprint density at radius 3 is 2.42 bits per heavy atom. The van der Waals surface area contributed by atoms with Gasteiger partial charge < -0.3 is 24.8 Å². The smallest absolute Gasteiger partial charge is 0.258 e. The number of hydrogen-bond donors (Lipinski definition) is 2. The molecule has 0 aliphatic carbocycles. The van der Waals surface area contributed by atoms with Gasteiger partial charge in [0.1, 0.15) is 17.6 Å². The number of amides is 2. The number of para-hydroxylation sites is 2. The molecule has 1 aliphatic heterocycles. The number of nitrogens with zero attached hydrogens (tertiary/aromatic N) is 3. The Morgan fingerprint density at radius 2 is 1.72 bits per heavy atom. The number of carbonyl (C=O) groups excluding carboxylic acids is 2. The minimum absolute atomic E-state index is 0.191. The third-order valence-corrected chi connectivity index (χ3v) is 7.50. The van der Waals surface area contributed by atoms with E-state index in [1.807, 2.05) is 75.5 Å². The van der Waals surface area contributed by atoms with Crippen molar-refractivity contribution in [1.82, 2.24) is 14.8 Å². The Bertz CT molecular complexity index is 1530. The Kier molecular flexibility index (Phi) is 9.34. The van der Waals surface area contributed by atoms with E-state index >= 15 is 0 Å². The molecule has 2 N–H and O–H groups in total. The molecule has 5 rings (SSSR count). The van der Waals surface area contributed by atoms with Gasteiger partial charge in [-0.25, -0.2) is 0 Å². The molecule has 9 heteroatoms. The van der Waals surface area contributed by atoms with Gasteiger partial charge in [-0.2, -0.15) is 0 Å². The molecule has 43 heavy (non-hydrogen) atoms. The molecule has 1 aromatic heterocycles. The summed E-state index contributed by atoms with van der Waals surface area (Å²) in [4.78, 5) is 34.6. The van der Waals surface area contributed by atoms with Crippen LogP contribution in [0.1, 0.15) is 40.1 Å². The predicted octanol–water partition coefficient (Wildman–Crippen LogP) is 5.23. The van der Waals surface area contributed by atoms with Gasteiger partial charge in [-0.15, -0.1) is 0 Å². The van der Waals surface area contributed by atoms with Crippen molar-refractivity contribution in [3.8, 4) is 17.2 Å². The number of rotatable bonds is 10. The van der Waals surface area contributed by atoms with Crippen LogP contribution < -0.4 is 14.8 Å². The average Bonchev–Trinajstić information content (AvgIpc) is 3.12. The van der Waals surface area contributed by atoms with Crippen molar-refractivity contribution >= 4 is 17.5 Å². The van der Waals surface area contributed by atoms with E-state index in [2.05, 4.69) is 15.2 Å². The van der Waals surface area contributed by atoms with Crippen molar-refractivity contribution in [3.63, 3.8) is 0 Å². The fraction of sp³-hybridized carbons (Fsp3) is 0.265. The Balaban J connectivity index is 1.36. The van der Waals surface area contributed by atoms with Crippen LogP contribution in [-0.2, 0) is 6.54 Å². The lowest BCUT2D eigenvalue weighted by molar-refractivity contribution is 0.0250. The molecule has 2 amide bonds. The second-order valence-corrected chi connectivity index (χ2v) is 10.8. The summed E-state index contributed by atoms with van der Waals surface area (Å²) in [6, 6.07) is 25.1. The lowest BCUT2D eigenvalue weighted by Gasteiger charge is -2.36. The molecule has 2 heterocycles. The van der Waals surface area contributed by atoms with E-state index in [0.717, 1.165) is 17.1 Å². The minimum Gasteiger partial charge on any atom is -0.484 e. The van der Waals surface area contributed by atoms with Gasteiger partial charge in [0.05, 0.1) is 29.9 Å². The van der Waals surface area contributed by atoms with Crippen LogP contribution in [-0.4, -0.2) is 70.1 Å². The van der Waals surface area contributed by atoms with E-state index in [9.17, 15) is 14.7 Å². The van der Waals surface area contributed by atoms with Crippen LogP contribution in [0.25, 0.3) is 0 Å². The van der Waals surface area contributed by atoms with Gasteiger partial charge in [0.2, 0.25) is 0 Å². The highest BCUT2D eigenvalue weighted by atomic mass is 16.5. The van der Waals surface area contributed by atoms with Crippen molar-refractivity contribution in [2.75, 3.05) is 25.5 Å². The van der Waals surface area contributed by atoms with E-state index in [4.69, 9.17) is 9.47 Å². The quantitative estimate of drug-likeness (QED) is 0.265. The van der Waals surface area contributed by atoms with Crippen LogP contribution in [0.3, 0.4) is 0 Å². The molecule has 0 spiro atoms. The molecule has 0 saturated heterocycles. The van der Waals surface area contributed by atoms with E-state index in [-0.39, 0.29) is 24.5 Å². The van der Waals surface area contributed by atoms with Gasteiger partial charge in [-0.05, 0) is 75.0 Å². The van der Waals surface area contributed by atoms with Gasteiger partial charge in [0.15, 0.2) is 5.75 Å². The molecule has 4 aromatic rings. The average molecular weight is 581 g/mol. The van der Waals surface area contributed by atoms with Gasteiger partial charge >= 0.3 is 0 Å². The molecule has 222 valence electrons. The maximum atomic E-state index is 13.8.